The average molecular weight is 285 g/mol. The zero-order valence-corrected chi connectivity index (χ0v) is 12.3. The van der Waals surface area contributed by atoms with E-state index >= 15 is 0 Å². The zero-order valence-electron chi connectivity index (χ0n) is 11.6. The maximum Gasteiger partial charge on any atom is 0.128 e. The Balaban J connectivity index is 2.31. The van der Waals surface area contributed by atoms with Crippen molar-refractivity contribution in [3.63, 3.8) is 0 Å². The normalized spacial score (nSPS) is 22.1. The van der Waals surface area contributed by atoms with Crippen LogP contribution < -0.4 is 5.73 Å². The molecule has 1 heterocycles. The molecule has 1 aliphatic heterocycles. The van der Waals surface area contributed by atoms with Crippen molar-refractivity contribution in [1.82, 2.24) is 4.90 Å². The average Bonchev–Trinajstić information content (AvgIpc) is 2.84. The number of hydrogen-bond acceptors (Lipinski definition) is 2. The highest BCUT2D eigenvalue weighted by atomic mass is 35.5. The van der Waals surface area contributed by atoms with Crippen LogP contribution in [0.5, 0.6) is 0 Å². The van der Waals surface area contributed by atoms with E-state index in [4.69, 9.17) is 17.3 Å². The smallest absolute Gasteiger partial charge is 0.128 e. The molecule has 2 atom stereocenters. The van der Waals surface area contributed by atoms with Crippen LogP contribution in [-0.4, -0.2) is 24.0 Å². The van der Waals surface area contributed by atoms with Gasteiger partial charge in [-0.2, -0.15) is 0 Å². The Bertz CT molecular complexity index is 436. The molecule has 1 aromatic rings. The highest BCUT2D eigenvalue weighted by molar-refractivity contribution is 6.30. The first-order chi connectivity index (χ1) is 9.04. The molecule has 2 N–H and O–H groups in total. The molecule has 1 aliphatic rings. The molecule has 0 spiro atoms. The topological polar surface area (TPSA) is 29.3 Å². The lowest BCUT2D eigenvalue weighted by molar-refractivity contribution is 0.147. The molecule has 4 heteroatoms. The lowest BCUT2D eigenvalue weighted by atomic mass is 9.98. The van der Waals surface area contributed by atoms with Gasteiger partial charge in [0.15, 0.2) is 0 Å². The molecule has 2 unspecified atom stereocenters. The lowest BCUT2D eigenvalue weighted by Gasteiger charge is -2.35. The number of rotatable bonds is 4. The predicted octanol–water partition coefficient (Wildman–Crippen LogP) is 3.60. The van der Waals surface area contributed by atoms with Gasteiger partial charge in [0, 0.05) is 23.2 Å². The fraction of sp³-hybridized carbons (Fsp3) is 0.600. The number of halogens is 2. The van der Waals surface area contributed by atoms with Crippen LogP contribution in [0.25, 0.3) is 0 Å². The molecule has 0 radical (unpaired) electrons. The van der Waals surface area contributed by atoms with Gasteiger partial charge in [-0.15, -0.1) is 0 Å². The third-order valence-corrected chi connectivity index (χ3v) is 4.29. The van der Waals surface area contributed by atoms with Crippen molar-refractivity contribution in [3.05, 3.63) is 34.6 Å². The molecule has 1 saturated heterocycles. The maximum atomic E-state index is 14.0. The summed E-state index contributed by atoms with van der Waals surface area (Å²) < 4.78 is 14.0. The highest BCUT2D eigenvalue weighted by Crippen LogP contribution is 2.34. The van der Waals surface area contributed by atoms with E-state index in [-0.39, 0.29) is 11.9 Å². The number of nitrogens with zero attached hydrogens (tertiary/aromatic N) is 1. The SMILES string of the molecule is CC(C)C1CCCN1C(CN)c1cc(Cl)ccc1F. The van der Waals surface area contributed by atoms with Gasteiger partial charge < -0.3 is 5.73 Å². The number of benzene rings is 1. The van der Waals surface area contributed by atoms with E-state index in [1.807, 2.05) is 0 Å². The van der Waals surface area contributed by atoms with Crippen LogP contribution in [0, 0.1) is 11.7 Å². The summed E-state index contributed by atoms with van der Waals surface area (Å²) in [5.41, 5.74) is 6.54. The van der Waals surface area contributed by atoms with Crippen molar-refractivity contribution in [2.24, 2.45) is 11.7 Å². The molecule has 2 nitrogen and oxygen atoms in total. The Morgan fingerprint density at radius 1 is 1.47 bits per heavy atom. The van der Waals surface area contributed by atoms with Crippen LogP contribution in [0.1, 0.15) is 38.3 Å². The monoisotopic (exact) mass is 284 g/mol. The van der Waals surface area contributed by atoms with Gasteiger partial charge in [0.2, 0.25) is 0 Å². The molecule has 0 aliphatic carbocycles. The summed E-state index contributed by atoms with van der Waals surface area (Å²) in [6.07, 6.45) is 2.32. The summed E-state index contributed by atoms with van der Waals surface area (Å²) >= 11 is 6.00. The minimum absolute atomic E-state index is 0.0754. The van der Waals surface area contributed by atoms with Crippen molar-refractivity contribution in [2.75, 3.05) is 13.1 Å². The molecule has 0 amide bonds. The van der Waals surface area contributed by atoms with Crippen LogP contribution in [0.2, 0.25) is 5.02 Å². The summed E-state index contributed by atoms with van der Waals surface area (Å²) in [5.74, 6) is 0.341. The van der Waals surface area contributed by atoms with E-state index in [0.717, 1.165) is 19.4 Å². The van der Waals surface area contributed by atoms with Crippen molar-refractivity contribution in [3.8, 4) is 0 Å². The van der Waals surface area contributed by atoms with Crippen LogP contribution in [0.4, 0.5) is 4.39 Å². The van der Waals surface area contributed by atoms with Gasteiger partial charge in [-0.25, -0.2) is 4.39 Å². The van der Waals surface area contributed by atoms with E-state index in [1.165, 1.54) is 6.07 Å². The Labute approximate surface area is 119 Å². The third-order valence-electron chi connectivity index (χ3n) is 4.05. The molecule has 106 valence electrons. The second-order valence-electron chi connectivity index (χ2n) is 5.61. The van der Waals surface area contributed by atoms with Crippen molar-refractivity contribution in [2.45, 2.75) is 38.8 Å². The fourth-order valence-corrected chi connectivity index (χ4v) is 3.31. The van der Waals surface area contributed by atoms with E-state index in [2.05, 4.69) is 18.7 Å². The van der Waals surface area contributed by atoms with E-state index < -0.39 is 0 Å². The molecule has 19 heavy (non-hydrogen) atoms. The molecule has 2 rings (SSSR count). The molecule has 1 fully saturated rings. The van der Waals surface area contributed by atoms with Crippen LogP contribution in [-0.2, 0) is 0 Å². The van der Waals surface area contributed by atoms with Gasteiger partial charge in [0.25, 0.3) is 0 Å². The van der Waals surface area contributed by atoms with Gasteiger partial charge in [-0.1, -0.05) is 25.4 Å². The molecule has 0 saturated carbocycles. The highest BCUT2D eigenvalue weighted by Gasteiger charge is 2.33. The molecular formula is C15H22ClFN2. The van der Waals surface area contributed by atoms with Gasteiger partial charge in [0.05, 0.1) is 6.04 Å². The molecule has 0 bridgehead atoms. The minimum Gasteiger partial charge on any atom is -0.329 e. The quantitative estimate of drug-likeness (QED) is 0.915. The minimum atomic E-state index is -0.214. The molecule has 1 aromatic carbocycles. The Morgan fingerprint density at radius 2 is 2.21 bits per heavy atom. The Hall–Kier alpha value is -0.640. The lowest BCUT2D eigenvalue weighted by Crippen LogP contribution is -2.40. The van der Waals surface area contributed by atoms with Gasteiger partial charge in [-0.3, -0.25) is 4.90 Å². The van der Waals surface area contributed by atoms with Crippen molar-refractivity contribution < 1.29 is 4.39 Å². The largest absolute Gasteiger partial charge is 0.329 e. The summed E-state index contributed by atoms with van der Waals surface area (Å²) in [6.45, 7) is 5.83. The summed E-state index contributed by atoms with van der Waals surface area (Å²) in [6, 6.07) is 5.13. The Morgan fingerprint density at radius 3 is 2.84 bits per heavy atom. The summed E-state index contributed by atoms with van der Waals surface area (Å²) in [5, 5.41) is 0.565. The van der Waals surface area contributed by atoms with Crippen molar-refractivity contribution >= 4 is 11.6 Å². The van der Waals surface area contributed by atoms with Crippen LogP contribution in [0.15, 0.2) is 18.2 Å². The maximum absolute atomic E-state index is 14.0. The second-order valence-corrected chi connectivity index (χ2v) is 6.05. The first-order valence-electron chi connectivity index (χ1n) is 6.95. The van der Waals surface area contributed by atoms with Crippen LogP contribution in [0.3, 0.4) is 0 Å². The van der Waals surface area contributed by atoms with Gasteiger partial charge in [-0.05, 0) is 43.5 Å². The van der Waals surface area contributed by atoms with E-state index in [0.29, 0.717) is 29.1 Å². The molecule has 0 aromatic heterocycles. The first kappa shape index (κ1) is 14.8. The van der Waals surface area contributed by atoms with E-state index in [9.17, 15) is 4.39 Å². The van der Waals surface area contributed by atoms with Gasteiger partial charge >= 0.3 is 0 Å². The number of hydrogen-bond donors (Lipinski definition) is 1. The summed E-state index contributed by atoms with van der Waals surface area (Å²) in [7, 11) is 0. The number of nitrogens with two attached hydrogens (primary N) is 1. The molecular weight excluding hydrogens is 263 g/mol. The second kappa shape index (κ2) is 6.21. The van der Waals surface area contributed by atoms with Gasteiger partial charge in [0.1, 0.15) is 5.82 Å². The van der Waals surface area contributed by atoms with Crippen LogP contribution >= 0.6 is 11.6 Å². The third kappa shape index (κ3) is 3.10. The summed E-state index contributed by atoms with van der Waals surface area (Å²) in [4.78, 5) is 2.35. The van der Waals surface area contributed by atoms with E-state index in [1.54, 1.807) is 12.1 Å². The standard InChI is InChI=1S/C15H22ClFN2/c1-10(2)14-4-3-7-19(14)15(9-18)12-8-11(16)5-6-13(12)17/h5-6,8,10,14-15H,3-4,7,9,18H2,1-2H3. The zero-order chi connectivity index (χ0) is 14.0. The number of likely N-dealkylation sites (tertiary alicyclic amines) is 1. The Kier molecular flexibility index (Phi) is 4.82. The first-order valence-corrected chi connectivity index (χ1v) is 7.33. The predicted molar refractivity (Wildman–Crippen MR) is 77.8 cm³/mol. The van der Waals surface area contributed by atoms with Crippen molar-refractivity contribution in [1.29, 1.82) is 0 Å². The fourth-order valence-electron chi connectivity index (χ4n) is 3.13.